The number of benzene rings is 1. The van der Waals surface area contributed by atoms with E-state index < -0.39 is 0 Å². The Morgan fingerprint density at radius 1 is 1.09 bits per heavy atom. The van der Waals surface area contributed by atoms with Crippen molar-refractivity contribution in [2.24, 2.45) is 5.73 Å². The van der Waals surface area contributed by atoms with E-state index in [0.29, 0.717) is 5.56 Å². The summed E-state index contributed by atoms with van der Waals surface area (Å²) < 4.78 is 12.8. The summed E-state index contributed by atoms with van der Waals surface area (Å²) >= 11 is 0. The van der Waals surface area contributed by atoms with Gasteiger partial charge < -0.3 is 11.1 Å². The van der Waals surface area contributed by atoms with Gasteiger partial charge in [-0.05, 0) is 49.9 Å². The van der Waals surface area contributed by atoms with Crippen LogP contribution in [0.4, 0.5) is 4.39 Å². The number of halogens is 2. The minimum absolute atomic E-state index is 0. The van der Waals surface area contributed by atoms with Crippen molar-refractivity contribution in [1.29, 1.82) is 0 Å². The van der Waals surface area contributed by atoms with Gasteiger partial charge in [0.25, 0.3) is 0 Å². The molecule has 2 rings (SSSR count). The van der Waals surface area contributed by atoms with Gasteiger partial charge in [-0.2, -0.15) is 0 Å². The summed E-state index contributed by atoms with van der Waals surface area (Å²) in [5.41, 5.74) is 6.25. The molecule has 3 N–H and O–H groups in total. The Morgan fingerprint density at radius 3 is 2.27 bits per heavy atom. The van der Waals surface area contributed by atoms with Gasteiger partial charge in [0, 0.05) is 30.5 Å². The van der Waals surface area contributed by atoms with Crippen molar-refractivity contribution in [2.75, 3.05) is 0 Å². The zero-order chi connectivity index (χ0) is 15.2. The van der Waals surface area contributed by atoms with E-state index in [0.717, 1.165) is 25.7 Å². The first-order chi connectivity index (χ1) is 10.0. The molecule has 22 heavy (non-hydrogen) atoms. The van der Waals surface area contributed by atoms with Gasteiger partial charge in [-0.1, -0.05) is 0 Å². The Kier molecular flexibility index (Phi) is 7.48. The number of carbonyl (C=O) groups excluding carboxylic acids is 2. The van der Waals surface area contributed by atoms with Gasteiger partial charge in [-0.25, -0.2) is 4.39 Å². The van der Waals surface area contributed by atoms with Crippen LogP contribution < -0.4 is 11.1 Å². The van der Waals surface area contributed by atoms with Gasteiger partial charge in [0.15, 0.2) is 5.78 Å². The van der Waals surface area contributed by atoms with E-state index in [-0.39, 0.29) is 54.8 Å². The second kappa shape index (κ2) is 8.86. The highest BCUT2D eigenvalue weighted by Crippen LogP contribution is 2.17. The number of nitrogens with two attached hydrogens (primary N) is 1. The van der Waals surface area contributed by atoms with E-state index in [1.54, 1.807) is 0 Å². The molecule has 4 nitrogen and oxygen atoms in total. The van der Waals surface area contributed by atoms with Gasteiger partial charge >= 0.3 is 0 Å². The van der Waals surface area contributed by atoms with E-state index in [1.165, 1.54) is 24.3 Å². The molecule has 1 aromatic carbocycles. The Labute approximate surface area is 136 Å². The topological polar surface area (TPSA) is 72.2 Å². The monoisotopic (exact) mass is 328 g/mol. The Hall–Kier alpha value is -1.46. The summed E-state index contributed by atoms with van der Waals surface area (Å²) in [6.07, 6.45) is 3.97. The summed E-state index contributed by atoms with van der Waals surface area (Å²) in [4.78, 5) is 23.7. The van der Waals surface area contributed by atoms with Crippen LogP contribution in [-0.4, -0.2) is 23.8 Å². The molecule has 0 saturated heterocycles. The van der Waals surface area contributed by atoms with E-state index in [9.17, 15) is 14.0 Å². The number of ketones is 1. The second-order valence-corrected chi connectivity index (χ2v) is 5.61. The van der Waals surface area contributed by atoms with Crippen LogP contribution in [0, 0.1) is 5.82 Å². The Bertz CT molecular complexity index is 499. The highest BCUT2D eigenvalue weighted by atomic mass is 35.5. The highest BCUT2D eigenvalue weighted by Gasteiger charge is 2.20. The molecule has 0 radical (unpaired) electrons. The standard InChI is InChI=1S/C16H21FN2O2.ClH/c17-12-3-1-11(2-4-12)15(20)9-10-16(21)19-14-7-5-13(18)6-8-14;/h1-4,13-14H,5-10,18H2,(H,19,21);1H. The smallest absolute Gasteiger partial charge is 0.220 e. The molecule has 1 aliphatic rings. The van der Waals surface area contributed by atoms with Crippen molar-refractivity contribution >= 4 is 24.1 Å². The number of carbonyl (C=O) groups is 2. The molecule has 0 spiro atoms. The fourth-order valence-corrected chi connectivity index (χ4v) is 2.57. The molecule has 0 unspecified atom stereocenters. The van der Waals surface area contributed by atoms with Crippen molar-refractivity contribution < 1.29 is 14.0 Å². The average Bonchev–Trinajstić information content (AvgIpc) is 2.48. The third-order valence-electron chi connectivity index (χ3n) is 3.88. The summed E-state index contributed by atoms with van der Waals surface area (Å²) in [5, 5.41) is 2.95. The Balaban J connectivity index is 0.00000242. The van der Waals surface area contributed by atoms with Crippen LogP contribution in [0.2, 0.25) is 0 Å². The van der Waals surface area contributed by atoms with Crippen molar-refractivity contribution in [3.05, 3.63) is 35.6 Å². The molecule has 1 aliphatic carbocycles. The number of Topliss-reactive ketones (excluding diaryl/α,β-unsaturated/α-hetero) is 1. The van der Waals surface area contributed by atoms with Crippen LogP contribution in [0.1, 0.15) is 48.9 Å². The van der Waals surface area contributed by atoms with E-state index in [2.05, 4.69) is 5.32 Å². The third-order valence-corrected chi connectivity index (χ3v) is 3.88. The first-order valence-electron chi connectivity index (χ1n) is 7.38. The number of hydrogen-bond donors (Lipinski definition) is 2. The van der Waals surface area contributed by atoms with Crippen LogP contribution >= 0.6 is 12.4 Å². The lowest BCUT2D eigenvalue weighted by molar-refractivity contribution is -0.122. The first-order valence-corrected chi connectivity index (χ1v) is 7.38. The molecule has 1 aromatic rings. The molecule has 1 saturated carbocycles. The van der Waals surface area contributed by atoms with Crippen molar-refractivity contribution in [3.63, 3.8) is 0 Å². The van der Waals surface area contributed by atoms with Crippen LogP contribution in [0.15, 0.2) is 24.3 Å². The lowest BCUT2D eigenvalue weighted by Gasteiger charge is -2.26. The summed E-state index contributed by atoms with van der Waals surface area (Å²) in [6.45, 7) is 0. The van der Waals surface area contributed by atoms with E-state index in [1.807, 2.05) is 0 Å². The van der Waals surface area contributed by atoms with Gasteiger partial charge in [0.1, 0.15) is 5.82 Å². The quantitative estimate of drug-likeness (QED) is 0.816. The lowest BCUT2D eigenvalue weighted by atomic mass is 9.91. The molecule has 0 aliphatic heterocycles. The SMILES string of the molecule is Cl.NC1CCC(NC(=O)CCC(=O)c2ccc(F)cc2)CC1. The average molecular weight is 329 g/mol. The first kappa shape index (κ1) is 18.6. The zero-order valence-electron chi connectivity index (χ0n) is 12.4. The van der Waals surface area contributed by atoms with Gasteiger partial charge in [0.05, 0.1) is 0 Å². The normalized spacial score (nSPS) is 20.8. The molecular formula is C16H22ClFN2O2. The molecule has 0 bridgehead atoms. The van der Waals surface area contributed by atoms with Gasteiger partial charge in [-0.3, -0.25) is 9.59 Å². The molecule has 6 heteroatoms. The van der Waals surface area contributed by atoms with E-state index >= 15 is 0 Å². The number of amides is 1. The predicted octanol–water partition coefficient (Wildman–Crippen LogP) is 2.60. The molecule has 0 aromatic heterocycles. The second-order valence-electron chi connectivity index (χ2n) is 5.61. The molecule has 1 amide bonds. The van der Waals surface area contributed by atoms with E-state index in [4.69, 9.17) is 5.73 Å². The largest absolute Gasteiger partial charge is 0.353 e. The maximum absolute atomic E-state index is 12.8. The van der Waals surface area contributed by atoms with Crippen LogP contribution in [0.25, 0.3) is 0 Å². The fraction of sp³-hybridized carbons (Fsp3) is 0.500. The minimum Gasteiger partial charge on any atom is -0.353 e. The minimum atomic E-state index is -0.375. The summed E-state index contributed by atoms with van der Waals surface area (Å²) in [7, 11) is 0. The lowest BCUT2D eigenvalue weighted by Crippen LogP contribution is -2.40. The molecule has 0 atom stereocenters. The summed E-state index contributed by atoms with van der Waals surface area (Å²) in [5.74, 6) is -0.624. The number of hydrogen-bond acceptors (Lipinski definition) is 3. The fourth-order valence-electron chi connectivity index (χ4n) is 2.57. The number of rotatable bonds is 5. The number of nitrogens with one attached hydrogen (secondary N) is 1. The van der Waals surface area contributed by atoms with Crippen molar-refractivity contribution in [3.8, 4) is 0 Å². The molecule has 122 valence electrons. The Morgan fingerprint density at radius 2 is 1.68 bits per heavy atom. The molecule has 0 heterocycles. The van der Waals surface area contributed by atoms with Gasteiger partial charge in [-0.15, -0.1) is 12.4 Å². The molecular weight excluding hydrogens is 307 g/mol. The summed E-state index contributed by atoms with van der Waals surface area (Å²) in [6, 6.07) is 5.81. The van der Waals surface area contributed by atoms with Gasteiger partial charge in [0.2, 0.25) is 5.91 Å². The van der Waals surface area contributed by atoms with Crippen molar-refractivity contribution in [1.82, 2.24) is 5.32 Å². The van der Waals surface area contributed by atoms with Crippen molar-refractivity contribution in [2.45, 2.75) is 50.6 Å². The third kappa shape index (κ3) is 5.73. The zero-order valence-corrected chi connectivity index (χ0v) is 13.2. The highest BCUT2D eigenvalue weighted by molar-refractivity contribution is 5.97. The van der Waals surface area contributed by atoms with Crippen LogP contribution in [0.5, 0.6) is 0 Å². The molecule has 1 fully saturated rings. The maximum Gasteiger partial charge on any atom is 0.220 e. The predicted molar refractivity (Wildman–Crippen MR) is 85.6 cm³/mol. The van der Waals surface area contributed by atoms with Crippen LogP contribution in [-0.2, 0) is 4.79 Å². The van der Waals surface area contributed by atoms with Crippen LogP contribution in [0.3, 0.4) is 0 Å². The maximum atomic E-state index is 12.8.